The fourth-order valence-corrected chi connectivity index (χ4v) is 2.40. The predicted octanol–water partition coefficient (Wildman–Crippen LogP) is 4.40. The van der Waals surface area contributed by atoms with E-state index in [1.807, 2.05) is 12.1 Å². The smallest absolute Gasteiger partial charge is 0.258 e. The highest BCUT2D eigenvalue weighted by atomic mass is 32.1. The van der Waals surface area contributed by atoms with E-state index in [0.717, 1.165) is 10.6 Å². The highest BCUT2D eigenvalue weighted by Crippen LogP contribution is 2.19. The largest absolute Gasteiger partial charge is 0.360 e. The molecule has 0 aliphatic rings. The SMILES string of the molecule is N=N/C(=C\Nc1ccc(S)cc1)c1cc2cc(F)ccc2[nH]c1=O. The molecule has 0 aliphatic heterocycles. The number of hydrogen-bond donors (Lipinski definition) is 4. The van der Waals surface area contributed by atoms with Crippen LogP contribution in [0, 0.1) is 11.3 Å². The Morgan fingerprint density at radius 3 is 2.67 bits per heavy atom. The summed E-state index contributed by atoms with van der Waals surface area (Å²) in [6.45, 7) is 0. The van der Waals surface area contributed by atoms with Crippen LogP contribution in [0.4, 0.5) is 10.1 Å². The van der Waals surface area contributed by atoms with Crippen molar-refractivity contribution in [3.63, 3.8) is 0 Å². The second-order valence-electron chi connectivity index (χ2n) is 5.08. The molecule has 0 amide bonds. The van der Waals surface area contributed by atoms with E-state index in [2.05, 4.69) is 28.0 Å². The number of pyridine rings is 1. The molecule has 5 nitrogen and oxygen atoms in total. The van der Waals surface area contributed by atoms with Gasteiger partial charge >= 0.3 is 0 Å². The molecule has 2 aromatic carbocycles. The molecule has 0 saturated carbocycles. The Labute approximate surface area is 142 Å². The van der Waals surface area contributed by atoms with Gasteiger partial charge in [0.2, 0.25) is 0 Å². The minimum atomic E-state index is -0.404. The van der Waals surface area contributed by atoms with Crippen LogP contribution in [0.15, 0.2) is 69.5 Å². The van der Waals surface area contributed by atoms with Gasteiger partial charge < -0.3 is 10.3 Å². The number of benzene rings is 2. The Morgan fingerprint density at radius 2 is 1.96 bits per heavy atom. The number of aromatic amines is 1. The molecule has 0 spiro atoms. The van der Waals surface area contributed by atoms with Gasteiger partial charge in [0, 0.05) is 27.7 Å². The quantitative estimate of drug-likeness (QED) is 0.419. The standard InChI is InChI=1S/C17H13FN4OS/c18-11-1-6-15-10(7-11)8-14(17(23)21-15)16(22-19)9-20-12-2-4-13(24)5-3-12/h1-9,19-20,24H,(H,21,23)/b16-9-,22-19?. The van der Waals surface area contributed by atoms with Gasteiger partial charge in [0.05, 0.1) is 5.56 Å². The third kappa shape index (κ3) is 3.36. The molecule has 120 valence electrons. The van der Waals surface area contributed by atoms with Gasteiger partial charge in [-0.05, 0) is 48.5 Å². The molecule has 3 N–H and O–H groups in total. The first kappa shape index (κ1) is 15.9. The molecule has 0 saturated heterocycles. The van der Waals surface area contributed by atoms with Gasteiger partial charge in [0.1, 0.15) is 11.5 Å². The first-order valence-corrected chi connectivity index (χ1v) is 7.48. The van der Waals surface area contributed by atoms with Gasteiger partial charge in [-0.1, -0.05) is 0 Å². The summed E-state index contributed by atoms with van der Waals surface area (Å²) in [5.74, 6) is -0.404. The fraction of sp³-hybridized carbons (Fsp3) is 0. The molecule has 3 aromatic rings. The van der Waals surface area contributed by atoms with E-state index < -0.39 is 11.4 Å². The lowest BCUT2D eigenvalue weighted by molar-refractivity contribution is 0.629. The van der Waals surface area contributed by atoms with E-state index >= 15 is 0 Å². The third-order valence-electron chi connectivity index (χ3n) is 3.45. The van der Waals surface area contributed by atoms with Gasteiger partial charge in [-0.15, -0.1) is 12.6 Å². The molecule has 0 aliphatic carbocycles. The van der Waals surface area contributed by atoms with Crippen molar-refractivity contribution in [1.82, 2.24) is 4.98 Å². The van der Waals surface area contributed by atoms with Crippen molar-refractivity contribution < 1.29 is 4.39 Å². The number of hydrogen-bond acceptors (Lipinski definition) is 5. The van der Waals surface area contributed by atoms with Gasteiger partial charge in [0.25, 0.3) is 5.56 Å². The highest BCUT2D eigenvalue weighted by Gasteiger charge is 2.09. The zero-order valence-electron chi connectivity index (χ0n) is 12.4. The van der Waals surface area contributed by atoms with E-state index in [1.54, 1.807) is 12.1 Å². The average molecular weight is 340 g/mol. The van der Waals surface area contributed by atoms with E-state index in [4.69, 9.17) is 5.53 Å². The molecule has 0 unspecified atom stereocenters. The number of thiol groups is 1. The molecule has 0 atom stereocenters. The lowest BCUT2D eigenvalue weighted by Crippen LogP contribution is -2.11. The van der Waals surface area contributed by atoms with Gasteiger partial charge in [-0.25, -0.2) is 9.92 Å². The molecule has 1 aromatic heterocycles. The van der Waals surface area contributed by atoms with Crippen LogP contribution in [0.5, 0.6) is 0 Å². The molecule has 0 bridgehead atoms. The number of fused-ring (bicyclic) bond motifs is 1. The summed E-state index contributed by atoms with van der Waals surface area (Å²) in [4.78, 5) is 15.7. The minimum absolute atomic E-state index is 0.136. The third-order valence-corrected chi connectivity index (χ3v) is 3.74. The molecular weight excluding hydrogens is 327 g/mol. The summed E-state index contributed by atoms with van der Waals surface area (Å²) >= 11 is 4.20. The van der Waals surface area contributed by atoms with Crippen LogP contribution >= 0.6 is 12.6 Å². The van der Waals surface area contributed by atoms with Crippen molar-refractivity contribution in [1.29, 1.82) is 5.53 Å². The number of anilines is 1. The first-order chi connectivity index (χ1) is 11.6. The van der Waals surface area contributed by atoms with Crippen LogP contribution in [0.25, 0.3) is 16.6 Å². The second-order valence-corrected chi connectivity index (χ2v) is 5.59. The highest BCUT2D eigenvalue weighted by molar-refractivity contribution is 7.80. The second kappa shape index (κ2) is 6.67. The zero-order valence-corrected chi connectivity index (χ0v) is 13.3. The van der Waals surface area contributed by atoms with Crippen molar-refractivity contribution in [3.05, 3.63) is 76.5 Å². The first-order valence-electron chi connectivity index (χ1n) is 7.03. The number of aromatic nitrogens is 1. The Hall–Kier alpha value is -2.93. The van der Waals surface area contributed by atoms with E-state index in [9.17, 15) is 9.18 Å². The maximum Gasteiger partial charge on any atom is 0.258 e. The molecule has 24 heavy (non-hydrogen) atoms. The van der Waals surface area contributed by atoms with E-state index in [-0.39, 0.29) is 11.3 Å². The molecule has 1 heterocycles. The maximum atomic E-state index is 13.4. The van der Waals surface area contributed by atoms with Crippen LogP contribution < -0.4 is 10.9 Å². The van der Waals surface area contributed by atoms with Crippen LogP contribution in [0.1, 0.15) is 5.56 Å². The number of nitrogens with one attached hydrogen (secondary N) is 3. The summed E-state index contributed by atoms with van der Waals surface area (Å²) in [6.07, 6.45) is 1.45. The van der Waals surface area contributed by atoms with Crippen molar-refractivity contribution in [2.75, 3.05) is 5.32 Å². The van der Waals surface area contributed by atoms with Crippen LogP contribution in [-0.4, -0.2) is 4.98 Å². The Bertz CT molecular complexity index is 996. The monoisotopic (exact) mass is 340 g/mol. The molecule has 3 rings (SSSR count). The molecule has 7 heteroatoms. The summed E-state index contributed by atoms with van der Waals surface area (Å²) in [6, 6.07) is 12.8. The van der Waals surface area contributed by atoms with Crippen molar-refractivity contribution >= 4 is 34.9 Å². The lowest BCUT2D eigenvalue weighted by Gasteiger charge is -2.05. The Morgan fingerprint density at radius 1 is 1.21 bits per heavy atom. The number of H-pyrrole nitrogens is 1. The van der Waals surface area contributed by atoms with E-state index in [0.29, 0.717) is 10.9 Å². The van der Waals surface area contributed by atoms with Crippen LogP contribution in [0.2, 0.25) is 0 Å². The summed E-state index contributed by atoms with van der Waals surface area (Å²) < 4.78 is 13.4. The van der Waals surface area contributed by atoms with Crippen LogP contribution in [0.3, 0.4) is 0 Å². The Kier molecular flexibility index (Phi) is 4.43. The Balaban J connectivity index is 2.00. The average Bonchev–Trinajstić information content (AvgIpc) is 2.57. The fourth-order valence-electron chi connectivity index (χ4n) is 2.25. The minimum Gasteiger partial charge on any atom is -0.360 e. The normalized spacial score (nSPS) is 11.5. The van der Waals surface area contributed by atoms with Crippen LogP contribution in [-0.2, 0) is 0 Å². The van der Waals surface area contributed by atoms with E-state index in [1.165, 1.54) is 30.5 Å². The van der Waals surface area contributed by atoms with Gasteiger partial charge in [-0.2, -0.15) is 5.11 Å². The molecule has 0 radical (unpaired) electrons. The van der Waals surface area contributed by atoms with Crippen molar-refractivity contribution in [2.24, 2.45) is 5.11 Å². The number of nitrogens with zero attached hydrogens (tertiary/aromatic N) is 1. The van der Waals surface area contributed by atoms with Gasteiger partial charge in [0.15, 0.2) is 0 Å². The summed E-state index contributed by atoms with van der Waals surface area (Å²) in [5, 5.41) is 6.90. The predicted molar refractivity (Wildman–Crippen MR) is 95.0 cm³/mol. The number of rotatable bonds is 4. The maximum absolute atomic E-state index is 13.4. The molecular formula is C17H13FN4OS. The zero-order chi connectivity index (χ0) is 17.1. The summed E-state index contributed by atoms with van der Waals surface area (Å²) in [7, 11) is 0. The van der Waals surface area contributed by atoms with Gasteiger partial charge in [-0.3, -0.25) is 4.79 Å². The topological polar surface area (TPSA) is 81.1 Å². The number of halogens is 1. The summed E-state index contributed by atoms with van der Waals surface area (Å²) in [5.41, 5.74) is 8.52. The van der Waals surface area contributed by atoms with Crippen molar-refractivity contribution in [3.8, 4) is 0 Å². The van der Waals surface area contributed by atoms with Crippen molar-refractivity contribution in [2.45, 2.75) is 4.90 Å². The molecule has 0 fully saturated rings. The lowest BCUT2D eigenvalue weighted by atomic mass is 10.1.